The third-order valence-electron chi connectivity index (χ3n) is 5.49. The molecular weight excluding hydrogens is 300 g/mol. The molecule has 3 rings (SSSR count). The molecule has 2 aliphatic rings. The van der Waals surface area contributed by atoms with E-state index in [9.17, 15) is 0 Å². The summed E-state index contributed by atoms with van der Waals surface area (Å²) in [7, 11) is 2.22. The van der Waals surface area contributed by atoms with Gasteiger partial charge in [0.1, 0.15) is 5.82 Å². The molecule has 0 spiro atoms. The highest BCUT2D eigenvalue weighted by molar-refractivity contribution is 5.52. The number of nitrogens with two attached hydrogens (primary N) is 1. The van der Waals surface area contributed by atoms with E-state index in [0.717, 1.165) is 36.9 Å². The fourth-order valence-corrected chi connectivity index (χ4v) is 4.08. The molecule has 134 valence electrons. The Kier molecular flexibility index (Phi) is 5.56. The van der Waals surface area contributed by atoms with Gasteiger partial charge in [-0.05, 0) is 39.2 Å². The molecule has 2 N–H and O–H groups in total. The lowest BCUT2D eigenvalue weighted by Crippen LogP contribution is -2.48. The Morgan fingerprint density at radius 1 is 1.12 bits per heavy atom. The van der Waals surface area contributed by atoms with Gasteiger partial charge in [0.2, 0.25) is 5.95 Å². The van der Waals surface area contributed by atoms with Crippen molar-refractivity contribution in [2.75, 3.05) is 63.5 Å². The van der Waals surface area contributed by atoms with Crippen LogP contribution in [0.4, 0.5) is 11.8 Å². The number of aromatic nitrogens is 2. The van der Waals surface area contributed by atoms with Gasteiger partial charge in [-0.25, -0.2) is 4.98 Å². The summed E-state index contributed by atoms with van der Waals surface area (Å²) in [5, 5.41) is 0. The second-order valence-electron chi connectivity index (χ2n) is 7.38. The molecule has 1 atom stereocenters. The summed E-state index contributed by atoms with van der Waals surface area (Å²) in [4.78, 5) is 16.4. The maximum atomic E-state index is 5.93. The number of likely N-dealkylation sites (N-methyl/N-ethyl adjacent to an activating group) is 1. The lowest BCUT2D eigenvalue weighted by molar-refractivity contribution is 0.131. The van der Waals surface area contributed by atoms with Crippen LogP contribution in [0.25, 0.3) is 0 Å². The summed E-state index contributed by atoms with van der Waals surface area (Å²) < 4.78 is 0. The zero-order chi connectivity index (χ0) is 17.1. The summed E-state index contributed by atoms with van der Waals surface area (Å²) in [6, 6.07) is 0. The van der Waals surface area contributed by atoms with Crippen molar-refractivity contribution < 1.29 is 0 Å². The summed E-state index contributed by atoms with van der Waals surface area (Å²) in [6.07, 6.45) is 3.52. The maximum Gasteiger partial charge on any atom is 0.222 e. The van der Waals surface area contributed by atoms with Crippen LogP contribution in [0.3, 0.4) is 0 Å². The molecule has 2 saturated heterocycles. The van der Waals surface area contributed by atoms with Crippen LogP contribution in [0.5, 0.6) is 0 Å². The molecule has 0 aromatic carbocycles. The van der Waals surface area contributed by atoms with E-state index in [2.05, 4.69) is 38.6 Å². The van der Waals surface area contributed by atoms with Gasteiger partial charge in [0.05, 0.1) is 0 Å². The molecule has 0 radical (unpaired) electrons. The van der Waals surface area contributed by atoms with Gasteiger partial charge in [-0.3, -0.25) is 0 Å². The Bertz CT molecular complexity index is 553. The van der Waals surface area contributed by atoms with Crippen LogP contribution in [-0.2, 0) is 6.42 Å². The predicted octanol–water partition coefficient (Wildman–Crippen LogP) is 1.39. The van der Waals surface area contributed by atoms with Gasteiger partial charge < -0.3 is 20.4 Å². The van der Waals surface area contributed by atoms with Crippen LogP contribution in [0.1, 0.15) is 31.0 Å². The zero-order valence-corrected chi connectivity index (χ0v) is 15.5. The second kappa shape index (κ2) is 7.66. The van der Waals surface area contributed by atoms with Crippen molar-refractivity contribution in [2.24, 2.45) is 5.92 Å². The van der Waals surface area contributed by atoms with Crippen LogP contribution < -0.4 is 10.6 Å². The van der Waals surface area contributed by atoms with Crippen molar-refractivity contribution in [3.63, 3.8) is 0 Å². The minimum atomic E-state index is 0.404. The van der Waals surface area contributed by atoms with Crippen molar-refractivity contribution in [3.8, 4) is 0 Å². The fourth-order valence-electron chi connectivity index (χ4n) is 4.08. The lowest BCUT2D eigenvalue weighted by Gasteiger charge is -2.39. The minimum Gasteiger partial charge on any atom is -0.368 e. The Hall–Kier alpha value is -1.40. The number of hydrogen-bond donors (Lipinski definition) is 1. The summed E-state index contributed by atoms with van der Waals surface area (Å²) in [5.74, 6) is 2.20. The number of aryl methyl sites for hydroxylation is 1. The molecule has 3 heterocycles. The predicted molar refractivity (Wildman–Crippen MR) is 99.4 cm³/mol. The topological polar surface area (TPSA) is 61.5 Å². The summed E-state index contributed by atoms with van der Waals surface area (Å²) >= 11 is 0. The van der Waals surface area contributed by atoms with E-state index in [1.165, 1.54) is 51.1 Å². The van der Waals surface area contributed by atoms with Gasteiger partial charge in [-0.15, -0.1) is 0 Å². The lowest BCUT2D eigenvalue weighted by atomic mass is 9.96. The first-order chi connectivity index (χ1) is 11.6. The highest BCUT2D eigenvalue weighted by atomic mass is 15.3. The standard InChI is InChI=1S/C18H32N6/c1-4-16-14(2)20-18(19)21-17(16)24-7-5-6-15(13-24)12-23-10-8-22(3)9-11-23/h15H,4-13H2,1-3H3,(H2,19,20,21)/t15-/m1/s1. The smallest absolute Gasteiger partial charge is 0.222 e. The number of nitrogens with zero attached hydrogens (tertiary/aromatic N) is 5. The number of rotatable bonds is 4. The first-order valence-corrected chi connectivity index (χ1v) is 9.35. The number of anilines is 2. The quantitative estimate of drug-likeness (QED) is 0.899. The molecule has 0 aliphatic carbocycles. The molecule has 0 amide bonds. The summed E-state index contributed by atoms with van der Waals surface area (Å²) in [5.41, 5.74) is 8.21. The molecule has 1 aromatic heterocycles. The normalized spacial score (nSPS) is 23.6. The van der Waals surface area contributed by atoms with Crippen LogP contribution in [0, 0.1) is 12.8 Å². The van der Waals surface area contributed by atoms with Crippen LogP contribution in [-0.4, -0.2) is 72.6 Å². The molecule has 0 unspecified atom stereocenters. The molecular formula is C18H32N6. The average molecular weight is 332 g/mol. The van der Waals surface area contributed by atoms with Crippen LogP contribution in [0.2, 0.25) is 0 Å². The van der Waals surface area contributed by atoms with E-state index in [-0.39, 0.29) is 0 Å². The Labute approximate surface area is 146 Å². The van der Waals surface area contributed by atoms with E-state index in [1.807, 2.05) is 6.92 Å². The highest BCUT2D eigenvalue weighted by Gasteiger charge is 2.26. The molecule has 0 bridgehead atoms. The molecule has 0 saturated carbocycles. The molecule has 24 heavy (non-hydrogen) atoms. The Morgan fingerprint density at radius 3 is 2.58 bits per heavy atom. The molecule has 2 fully saturated rings. The molecule has 6 heteroatoms. The second-order valence-corrected chi connectivity index (χ2v) is 7.38. The van der Waals surface area contributed by atoms with Gasteiger partial charge in [-0.1, -0.05) is 6.92 Å². The number of nitrogen functional groups attached to an aromatic ring is 1. The maximum absolute atomic E-state index is 5.93. The van der Waals surface area contributed by atoms with Crippen molar-refractivity contribution in [3.05, 3.63) is 11.3 Å². The van der Waals surface area contributed by atoms with Crippen LogP contribution >= 0.6 is 0 Å². The largest absolute Gasteiger partial charge is 0.368 e. The van der Waals surface area contributed by atoms with Gasteiger partial charge >= 0.3 is 0 Å². The third kappa shape index (κ3) is 3.98. The number of piperidine rings is 1. The van der Waals surface area contributed by atoms with E-state index in [4.69, 9.17) is 5.73 Å². The first-order valence-electron chi connectivity index (χ1n) is 9.35. The van der Waals surface area contributed by atoms with Crippen LogP contribution in [0.15, 0.2) is 0 Å². The molecule has 2 aliphatic heterocycles. The first kappa shape index (κ1) is 17.4. The van der Waals surface area contributed by atoms with Gasteiger partial charge in [0, 0.05) is 57.1 Å². The van der Waals surface area contributed by atoms with E-state index in [0.29, 0.717) is 5.95 Å². The molecule has 6 nitrogen and oxygen atoms in total. The Morgan fingerprint density at radius 2 is 1.88 bits per heavy atom. The van der Waals surface area contributed by atoms with Gasteiger partial charge in [-0.2, -0.15) is 4.98 Å². The van der Waals surface area contributed by atoms with E-state index in [1.54, 1.807) is 0 Å². The zero-order valence-electron chi connectivity index (χ0n) is 15.5. The van der Waals surface area contributed by atoms with E-state index >= 15 is 0 Å². The highest BCUT2D eigenvalue weighted by Crippen LogP contribution is 2.27. The molecule has 1 aromatic rings. The fraction of sp³-hybridized carbons (Fsp3) is 0.778. The Balaban J connectivity index is 1.67. The van der Waals surface area contributed by atoms with Gasteiger partial charge in [0.15, 0.2) is 0 Å². The monoisotopic (exact) mass is 332 g/mol. The average Bonchev–Trinajstić information content (AvgIpc) is 2.57. The minimum absolute atomic E-state index is 0.404. The van der Waals surface area contributed by atoms with Crippen molar-refractivity contribution in [2.45, 2.75) is 33.1 Å². The SMILES string of the molecule is CCc1c(C)nc(N)nc1N1CCC[C@H](CN2CCN(C)CC2)C1. The summed E-state index contributed by atoms with van der Waals surface area (Å²) in [6.45, 7) is 12.4. The number of hydrogen-bond acceptors (Lipinski definition) is 6. The van der Waals surface area contributed by atoms with Crippen molar-refractivity contribution in [1.29, 1.82) is 0 Å². The number of piperazine rings is 1. The van der Waals surface area contributed by atoms with E-state index < -0.39 is 0 Å². The third-order valence-corrected chi connectivity index (χ3v) is 5.49. The van der Waals surface area contributed by atoms with Crippen molar-refractivity contribution >= 4 is 11.8 Å². The van der Waals surface area contributed by atoms with Gasteiger partial charge in [0.25, 0.3) is 0 Å². The van der Waals surface area contributed by atoms with Crippen molar-refractivity contribution in [1.82, 2.24) is 19.8 Å².